The van der Waals surface area contributed by atoms with Crippen molar-refractivity contribution in [3.8, 4) is 5.75 Å². The van der Waals surface area contributed by atoms with Crippen molar-refractivity contribution in [1.29, 1.82) is 0 Å². The van der Waals surface area contributed by atoms with Crippen molar-refractivity contribution in [1.82, 2.24) is 0 Å². The van der Waals surface area contributed by atoms with E-state index in [2.05, 4.69) is 0 Å². The number of allylic oxidation sites excluding steroid dienone is 1. The summed E-state index contributed by atoms with van der Waals surface area (Å²) in [7, 11) is 0. The van der Waals surface area contributed by atoms with E-state index in [0.29, 0.717) is 25.0 Å². The number of hydrogen-bond donors (Lipinski definition) is 0. The van der Waals surface area contributed by atoms with Gasteiger partial charge < -0.3 is 14.2 Å². The lowest BCUT2D eigenvalue weighted by Gasteiger charge is -2.37. The smallest absolute Gasteiger partial charge is 0.309 e. The van der Waals surface area contributed by atoms with Gasteiger partial charge in [-0.3, -0.25) is 9.59 Å². The van der Waals surface area contributed by atoms with E-state index in [0.717, 1.165) is 18.4 Å². The second-order valence-electron chi connectivity index (χ2n) is 7.43. The first-order valence-electron chi connectivity index (χ1n) is 9.86. The number of hydrogen-bond acceptors (Lipinski definition) is 5. The fourth-order valence-electron chi connectivity index (χ4n) is 3.80. The number of esters is 1. The zero-order valence-corrected chi connectivity index (χ0v) is 16.3. The number of ether oxygens (including phenoxy) is 3. The van der Waals surface area contributed by atoms with E-state index in [4.69, 9.17) is 14.2 Å². The second kappa shape index (κ2) is 8.59. The Balaban J connectivity index is 1.61. The lowest BCUT2D eigenvalue weighted by atomic mass is 9.80. The Morgan fingerprint density at radius 3 is 2.74 bits per heavy atom. The fourth-order valence-corrected chi connectivity index (χ4v) is 3.80. The Kier molecular flexibility index (Phi) is 6.19. The van der Waals surface area contributed by atoms with Gasteiger partial charge in [0.1, 0.15) is 24.2 Å². The van der Waals surface area contributed by atoms with Crippen LogP contribution in [0, 0.1) is 18.8 Å². The zero-order chi connectivity index (χ0) is 19.4. The molecule has 0 aromatic heterocycles. The van der Waals surface area contributed by atoms with Crippen LogP contribution in [-0.2, 0) is 19.1 Å². The fraction of sp³-hybridized carbons (Fsp3) is 0.545. The van der Waals surface area contributed by atoms with Crippen LogP contribution in [0.4, 0.5) is 0 Å². The van der Waals surface area contributed by atoms with Crippen LogP contribution in [0.25, 0.3) is 0 Å². The molecule has 146 valence electrons. The molecule has 1 aromatic rings. The summed E-state index contributed by atoms with van der Waals surface area (Å²) in [5.74, 6) is 0.421. The Labute approximate surface area is 160 Å². The lowest BCUT2D eigenvalue weighted by Crippen LogP contribution is -2.43. The van der Waals surface area contributed by atoms with Gasteiger partial charge in [0.15, 0.2) is 0 Å². The molecule has 3 unspecified atom stereocenters. The van der Waals surface area contributed by atoms with E-state index in [1.807, 2.05) is 45.0 Å². The van der Waals surface area contributed by atoms with Gasteiger partial charge in [0.25, 0.3) is 0 Å². The average Bonchev–Trinajstić information content (AvgIpc) is 2.65. The first-order valence-corrected chi connectivity index (χ1v) is 9.86. The summed E-state index contributed by atoms with van der Waals surface area (Å²) in [4.78, 5) is 25.0. The van der Waals surface area contributed by atoms with E-state index in [1.165, 1.54) is 6.26 Å². The van der Waals surface area contributed by atoms with Crippen molar-refractivity contribution in [2.75, 3.05) is 0 Å². The maximum absolute atomic E-state index is 12.8. The number of carbonyl (C=O) groups is 2. The van der Waals surface area contributed by atoms with Gasteiger partial charge in [0.05, 0.1) is 11.8 Å². The normalized spacial score (nSPS) is 24.7. The van der Waals surface area contributed by atoms with Gasteiger partial charge in [-0.15, -0.1) is 0 Å². The van der Waals surface area contributed by atoms with Crippen molar-refractivity contribution >= 4 is 11.8 Å². The van der Waals surface area contributed by atoms with Gasteiger partial charge in [-0.1, -0.05) is 26.0 Å². The van der Waals surface area contributed by atoms with E-state index >= 15 is 0 Å². The van der Waals surface area contributed by atoms with Gasteiger partial charge in [0.2, 0.25) is 11.5 Å². The van der Waals surface area contributed by atoms with Crippen molar-refractivity contribution in [3.05, 3.63) is 41.9 Å². The Morgan fingerprint density at radius 1 is 1.26 bits per heavy atom. The molecule has 27 heavy (non-hydrogen) atoms. The molecule has 1 aliphatic carbocycles. The molecule has 2 aliphatic rings. The summed E-state index contributed by atoms with van der Waals surface area (Å²) in [6, 6.07) is 7.57. The summed E-state index contributed by atoms with van der Waals surface area (Å²) in [6.07, 6.45) is 4.42. The summed E-state index contributed by atoms with van der Waals surface area (Å²) < 4.78 is 17.2. The molecular weight excluding hydrogens is 344 g/mol. The molecule has 0 radical (unpaired) electrons. The minimum atomic E-state index is -0.254. The molecule has 0 saturated heterocycles. The largest absolute Gasteiger partial charge is 0.493 e. The summed E-state index contributed by atoms with van der Waals surface area (Å²) in [5.41, 5.74) is 1.06. The SMILES string of the molecule is CCC(CC)C(=O)OC1CCC2C(=O)C(Oc3cccc(C)c3)=COC2C1. The molecule has 3 atom stereocenters. The third kappa shape index (κ3) is 4.52. The van der Waals surface area contributed by atoms with Crippen LogP contribution >= 0.6 is 0 Å². The van der Waals surface area contributed by atoms with Gasteiger partial charge in [0, 0.05) is 6.42 Å². The molecule has 1 saturated carbocycles. The molecule has 1 heterocycles. The summed E-state index contributed by atoms with van der Waals surface area (Å²) in [5, 5.41) is 0. The lowest BCUT2D eigenvalue weighted by molar-refractivity contribution is -0.160. The van der Waals surface area contributed by atoms with E-state index in [9.17, 15) is 9.59 Å². The van der Waals surface area contributed by atoms with Gasteiger partial charge in [-0.2, -0.15) is 0 Å². The topological polar surface area (TPSA) is 61.8 Å². The number of carbonyl (C=O) groups excluding carboxylic acids is 2. The molecule has 5 heteroatoms. The molecule has 1 fully saturated rings. The summed E-state index contributed by atoms with van der Waals surface area (Å²) in [6.45, 7) is 5.96. The Hall–Kier alpha value is -2.30. The van der Waals surface area contributed by atoms with Crippen LogP contribution in [-0.4, -0.2) is 24.0 Å². The third-order valence-electron chi connectivity index (χ3n) is 5.49. The number of aryl methyl sites for hydroxylation is 1. The highest BCUT2D eigenvalue weighted by Crippen LogP contribution is 2.35. The number of ketones is 1. The number of rotatable bonds is 6. The standard InChI is InChI=1S/C22H28O5/c1-4-15(5-2)22(24)27-17-9-10-18-19(12-17)25-13-20(21(18)23)26-16-8-6-7-14(3)11-16/h6-8,11,13,15,17-19H,4-5,9-10,12H2,1-3H3. The highest BCUT2D eigenvalue weighted by atomic mass is 16.6. The monoisotopic (exact) mass is 372 g/mol. The molecule has 1 aliphatic heterocycles. The highest BCUT2D eigenvalue weighted by molar-refractivity contribution is 5.96. The predicted octanol–water partition coefficient (Wildman–Crippen LogP) is 4.33. The molecule has 0 amide bonds. The second-order valence-corrected chi connectivity index (χ2v) is 7.43. The zero-order valence-electron chi connectivity index (χ0n) is 16.3. The molecular formula is C22H28O5. The van der Waals surface area contributed by atoms with E-state index < -0.39 is 0 Å². The Bertz CT molecular complexity index is 719. The van der Waals surface area contributed by atoms with Crippen LogP contribution in [0.3, 0.4) is 0 Å². The minimum absolute atomic E-state index is 0.0301. The van der Waals surface area contributed by atoms with E-state index in [1.54, 1.807) is 0 Å². The average molecular weight is 372 g/mol. The number of Topliss-reactive ketones (excluding diaryl/α,β-unsaturated/α-hetero) is 1. The van der Waals surface area contributed by atoms with Crippen molar-refractivity contribution in [3.63, 3.8) is 0 Å². The molecule has 0 N–H and O–H groups in total. The predicted molar refractivity (Wildman–Crippen MR) is 101 cm³/mol. The van der Waals surface area contributed by atoms with Crippen molar-refractivity contribution in [2.45, 2.75) is 65.1 Å². The maximum Gasteiger partial charge on any atom is 0.309 e. The van der Waals surface area contributed by atoms with Crippen molar-refractivity contribution < 1.29 is 23.8 Å². The van der Waals surface area contributed by atoms with Gasteiger partial charge in [-0.05, 0) is 50.3 Å². The van der Waals surface area contributed by atoms with E-state index in [-0.39, 0.29) is 41.6 Å². The minimum Gasteiger partial charge on any atom is -0.493 e. The molecule has 0 spiro atoms. The quantitative estimate of drug-likeness (QED) is 0.696. The third-order valence-corrected chi connectivity index (χ3v) is 5.49. The van der Waals surface area contributed by atoms with Crippen LogP contribution in [0.1, 0.15) is 51.5 Å². The molecule has 3 rings (SSSR count). The van der Waals surface area contributed by atoms with Crippen LogP contribution in [0.5, 0.6) is 5.75 Å². The van der Waals surface area contributed by atoms with Gasteiger partial charge in [-0.25, -0.2) is 0 Å². The first kappa shape index (κ1) is 19.5. The highest BCUT2D eigenvalue weighted by Gasteiger charge is 2.42. The molecule has 5 nitrogen and oxygen atoms in total. The van der Waals surface area contributed by atoms with Crippen LogP contribution < -0.4 is 4.74 Å². The van der Waals surface area contributed by atoms with Crippen LogP contribution in [0.15, 0.2) is 36.3 Å². The maximum atomic E-state index is 12.8. The van der Waals surface area contributed by atoms with Gasteiger partial charge >= 0.3 is 5.97 Å². The first-order chi connectivity index (χ1) is 13.0. The van der Waals surface area contributed by atoms with Crippen LogP contribution in [0.2, 0.25) is 0 Å². The summed E-state index contributed by atoms with van der Waals surface area (Å²) >= 11 is 0. The number of fused-ring (bicyclic) bond motifs is 1. The Morgan fingerprint density at radius 2 is 2.04 bits per heavy atom. The molecule has 0 bridgehead atoms. The number of benzene rings is 1. The van der Waals surface area contributed by atoms with Crippen molar-refractivity contribution in [2.24, 2.45) is 11.8 Å². The molecule has 1 aromatic carbocycles.